The van der Waals surface area contributed by atoms with Crippen LogP contribution in [0.5, 0.6) is 5.75 Å². The predicted molar refractivity (Wildman–Crippen MR) is 67.1 cm³/mol. The number of hydrogen-bond acceptors (Lipinski definition) is 2. The molecule has 1 saturated heterocycles. The van der Waals surface area contributed by atoms with Crippen LogP contribution in [0.25, 0.3) is 0 Å². The Morgan fingerprint density at radius 2 is 1.94 bits per heavy atom. The molecule has 0 aromatic heterocycles. The molecule has 1 aromatic carbocycles. The van der Waals surface area contributed by atoms with Gasteiger partial charge in [-0.05, 0) is 50.4 Å². The Morgan fingerprint density at radius 3 is 2.56 bits per heavy atom. The van der Waals surface area contributed by atoms with Gasteiger partial charge in [-0.3, -0.25) is 0 Å². The smallest absolute Gasteiger partial charge is 0.123 e. The molecular weight excluding hydrogens is 198 g/mol. The Morgan fingerprint density at radius 1 is 1.19 bits per heavy atom. The summed E-state index contributed by atoms with van der Waals surface area (Å²) in [5, 5.41) is 3.58. The van der Waals surface area contributed by atoms with Crippen molar-refractivity contribution in [2.24, 2.45) is 0 Å². The number of ether oxygens (including phenoxy) is 1. The second-order valence-corrected chi connectivity index (χ2v) is 4.68. The molecule has 1 N–H and O–H groups in total. The van der Waals surface area contributed by atoms with Crippen molar-refractivity contribution in [3.05, 3.63) is 28.8 Å². The highest BCUT2D eigenvalue weighted by Crippen LogP contribution is 2.32. The van der Waals surface area contributed by atoms with Gasteiger partial charge in [0.1, 0.15) is 5.75 Å². The van der Waals surface area contributed by atoms with Gasteiger partial charge in [-0.1, -0.05) is 12.5 Å². The summed E-state index contributed by atoms with van der Waals surface area (Å²) in [5.74, 6) is 1.03. The monoisotopic (exact) mass is 219 g/mol. The van der Waals surface area contributed by atoms with Gasteiger partial charge in [-0.2, -0.15) is 0 Å². The van der Waals surface area contributed by atoms with Gasteiger partial charge in [0.15, 0.2) is 0 Å². The summed E-state index contributed by atoms with van der Waals surface area (Å²) in [6.07, 6.45) is 3.83. The first-order chi connectivity index (χ1) is 7.72. The standard InChI is InChI=1S/C14H21NO/c1-10-8-12(13-6-4-5-7-15-13)14(16-3)9-11(10)2/h8-9,13,15H,4-7H2,1-3H3. The lowest BCUT2D eigenvalue weighted by molar-refractivity contribution is 0.373. The summed E-state index contributed by atoms with van der Waals surface area (Å²) < 4.78 is 5.49. The fourth-order valence-electron chi connectivity index (χ4n) is 2.38. The molecule has 0 radical (unpaired) electrons. The summed E-state index contributed by atoms with van der Waals surface area (Å²) in [7, 11) is 1.76. The van der Waals surface area contributed by atoms with E-state index in [1.807, 2.05) is 0 Å². The topological polar surface area (TPSA) is 21.3 Å². The molecule has 16 heavy (non-hydrogen) atoms. The molecule has 2 nitrogen and oxygen atoms in total. The van der Waals surface area contributed by atoms with Crippen LogP contribution in [0.4, 0.5) is 0 Å². The van der Waals surface area contributed by atoms with Crippen molar-refractivity contribution in [1.82, 2.24) is 5.32 Å². The molecule has 1 unspecified atom stereocenters. The van der Waals surface area contributed by atoms with E-state index in [2.05, 4.69) is 31.3 Å². The molecule has 88 valence electrons. The number of hydrogen-bond donors (Lipinski definition) is 1. The molecule has 0 bridgehead atoms. The third-order valence-electron chi connectivity index (χ3n) is 3.53. The SMILES string of the molecule is COc1cc(C)c(C)cc1C1CCCCN1. The van der Waals surface area contributed by atoms with Crippen LogP contribution in [0.3, 0.4) is 0 Å². The highest BCUT2D eigenvalue weighted by molar-refractivity contribution is 5.43. The van der Waals surface area contributed by atoms with E-state index < -0.39 is 0 Å². The minimum Gasteiger partial charge on any atom is -0.496 e. The quantitative estimate of drug-likeness (QED) is 0.825. The number of benzene rings is 1. The minimum atomic E-state index is 0.475. The molecule has 1 aliphatic heterocycles. The third kappa shape index (κ3) is 2.22. The van der Waals surface area contributed by atoms with E-state index in [-0.39, 0.29) is 0 Å². The number of piperidine rings is 1. The summed E-state index contributed by atoms with van der Waals surface area (Å²) in [4.78, 5) is 0. The maximum atomic E-state index is 5.49. The molecule has 2 heteroatoms. The van der Waals surface area contributed by atoms with E-state index in [9.17, 15) is 0 Å². The van der Waals surface area contributed by atoms with Crippen LogP contribution in [0.1, 0.15) is 42.0 Å². The van der Waals surface area contributed by atoms with E-state index in [1.165, 1.54) is 36.0 Å². The highest BCUT2D eigenvalue weighted by Gasteiger charge is 2.19. The maximum absolute atomic E-state index is 5.49. The molecule has 1 fully saturated rings. The second-order valence-electron chi connectivity index (χ2n) is 4.68. The summed E-state index contributed by atoms with van der Waals surface area (Å²) in [6, 6.07) is 4.90. The number of aryl methyl sites for hydroxylation is 2. The molecule has 1 heterocycles. The fraction of sp³-hybridized carbons (Fsp3) is 0.571. The molecule has 1 aliphatic rings. The predicted octanol–water partition coefficient (Wildman–Crippen LogP) is 3.13. The van der Waals surface area contributed by atoms with E-state index in [1.54, 1.807) is 7.11 Å². The van der Waals surface area contributed by atoms with Gasteiger partial charge in [0.05, 0.1) is 7.11 Å². The summed E-state index contributed by atoms with van der Waals surface area (Å²) in [6.45, 7) is 5.43. The van der Waals surface area contributed by atoms with Crippen molar-refractivity contribution in [3.8, 4) is 5.75 Å². The lowest BCUT2D eigenvalue weighted by Crippen LogP contribution is -2.27. The van der Waals surface area contributed by atoms with Crippen LogP contribution in [0, 0.1) is 13.8 Å². The first-order valence-electron chi connectivity index (χ1n) is 6.11. The summed E-state index contributed by atoms with van der Waals surface area (Å²) in [5.41, 5.74) is 3.98. The van der Waals surface area contributed by atoms with Crippen molar-refractivity contribution in [1.29, 1.82) is 0 Å². The number of rotatable bonds is 2. The minimum absolute atomic E-state index is 0.475. The third-order valence-corrected chi connectivity index (χ3v) is 3.53. The van der Waals surface area contributed by atoms with Gasteiger partial charge in [0.25, 0.3) is 0 Å². The Hall–Kier alpha value is -1.02. The van der Waals surface area contributed by atoms with Crippen LogP contribution in [-0.4, -0.2) is 13.7 Å². The normalized spacial score (nSPS) is 20.8. The molecule has 0 aliphatic carbocycles. The zero-order chi connectivity index (χ0) is 11.5. The average Bonchev–Trinajstić information content (AvgIpc) is 2.33. The largest absolute Gasteiger partial charge is 0.496 e. The van der Waals surface area contributed by atoms with Crippen molar-refractivity contribution >= 4 is 0 Å². The van der Waals surface area contributed by atoms with E-state index in [0.29, 0.717) is 6.04 Å². The first kappa shape index (κ1) is 11.5. The zero-order valence-electron chi connectivity index (χ0n) is 10.5. The Bertz CT molecular complexity index is 367. The van der Waals surface area contributed by atoms with Gasteiger partial charge < -0.3 is 10.1 Å². The average molecular weight is 219 g/mol. The summed E-state index contributed by atoms with van der Waals surface area (Å²) >= 11 is 0. The molecular formula is C14H21NO. The first-order valence-corrected chi connectivity index (χ1v) is 6.11. The molecule has 0 spiro atoms. The lowest BCUT2D eigenvalue weighted by Gasteiger charge is -2.26. The molecule has 1 aromatic rings. The maximum Gasteiger partial charge on any atom is 0.123 e. The number of methoxy groups -OCH3 is 1. The highest BCUT2D eigenvalue weighted by atomic mass is 16.5. The van der Waals surface area contributed by atoms with Gasteiger partial charge in [-0.15, -0.1) is 0 Å². The van der Waals surface area contributed by atoms with Crippen molar-refractivity contribution in [2.45, 2.75) is 39.2 Å². The Kier molecular flexibility index (Phi) is 3.49. The van der Waals surface area contributed by atoms with E-state index in [0.717, 1.165) is 12.3 Å². The second kappa shape index (κ2) is 4.88. The van der Waals surface area contributed by atoms with Gasteiger partial charge >= 0.3 is 0 Å². The van der Waals surface area contributed by atoms with E-state index in [4.69, 9.17) is 4.74 Å². The fourth-order valence-corrected chi connectivity index (χ4v) is 2.38. The van der Waals surface area contributed by atoms with Gasteiger partial charge in [0, 0.05) is 11.6 Å². The molecule has 2 rings (SSSR count). The zero-order valence-corrected chi connectivity index (χ0v) is 10.5. The Balaban J connectivity index is 2.33. The Labute approximate surface area is 98.0 Å². The van der Waals surface area contributed by atoms with Crippen LogP contribution < -0.4 is 10.1 Å². The van der Waals surface area contributed by atoms with Gasteiger partial charge in [0.2, 0.25) is 0 Å². The lowest BCUT2D eigenvalue weighted by atomic mass is 9.94. The van der Waals surface area contributed by atoms with Crippen molar-refractivity contribution in [2.75, 3.05) is 13.7 Å². The van der Waals surface area contributed by atoms with Crippen molar-refractivity contribution < 1.29 is 4.74 Å². The molecule has 1 atom stereocenters. The van der Waals surface area contributed by atoms with Crippen LogP contribution in [0.15, 0.2) is 12.1 Å². The van der Waals surface area contributed by atoms with E-state index >= 15 is 0 Å². The van der Waals surface area contributed by atoms with Crippen LogP contribution in [0.2, 0.25) is 0 Å². The van der Waals surface area contributed by atoms with Gasteiger partial charge in [-0.25, -0.2) is 0 Å². The van der Waals surface area contributed by atoms with Crippen LogP contribution >= 0.6 is 0 Å². The number of nitrogens with one attached hydrogen (secondary N) is 1. The molecule has 0 saturated carbocycles. The van der Waals surface area contributed by atoms with Crippen LogP contribution in [-0.2, 0) is 0 Å². The van der Waals surface area contributed by atoms with Crippen molar-refractivity contribution in [3.63, 3.8) is 0 Å². The molecule has 0 amide bonds.